The van der Waals surface area contributed by atoms with Crippen molar-refractivity contribution in [2.45, 2.75) is 26.7 Å². The highest BCUT2D eigenvalue weighted by molar-refractivity contribution is 5.59. The molecule has 21 heavy (non-hydrogen) atoms. The molecule has 1 heterocycles. The predicted octanol–water partition coefficient (Wildman–Crippen LogP) is 2.35. The van der Waals surface area contributed by atoms with Crippen LogP contribution in [0.2, 0.25) is 0 Å². The summed E-state index contributed by atoms with van der Waals surface area (Å²) >= 11 is 0. The molecule has 0 radical (unpaired) electrons. The minimum absolute atomic E-state index is 0.764. The van der Waals surface area contributed by atoms with Crippen LogP contribution in [-0.4, -0.2) is 50.8 Å². The van der Waals surface area contributed by atoms with Crippen molar-refractivity contribution in [3.63, 3.8) is 0 Å². The number of fused-ring (bicyclic) bond motifs is 1. The van der Waals surface area contributed by atoms with E-state index in [0.717, 1.165) is 57.2 Å². The molecular weight excluding hydrogens is 262 g/mol. The Kier molecular flexibility index (Phi) is 6.83. The standard InChI is InChI=1S/C17H29N3O/c1-3-20(4-2)12-5-9-18-10-8-15-6-7-17-16(14-15)19-11-13-21-17/h6-7,14,18-19H,3-5,8-13H2,1-2H3. The van der Waals surface area contributed by atoms with Crippen molar-refractivity contribution in [2.75, 3.05) is 51.2 Å². The van der Waals surface area contributed by atoms with Gasteiger partial charge in [-0.3, -0.25) is 0 Å². The van der Waals surface area contributed by atoms with E-state index in [1.54, 1.807) is 0 Å². The average Bonchev–Trinajstić information content (AvgIpc) is 2.54. The van der Waals surface area contributed by atoms with E-state index < -0.39 is 0 Å². The van der Waals surface area contributed by atoms with Gasteiger partial charge in [-0.05, 0) is 63.3 Å². The topological polar surface area (TPSA) is 36.5 Å². The van der Waals surface area contributed by atoms with Gasteiger partial charge in [0.05, 0.1) is 5.69 Å². The summed E-state index contributed by atoms with van der Waals surface area (Å²) < 4.78 is 5.60. The molecule has 118 valence electrons. The summed E-state index contributed by atoms with van der Waals surface area (Å²) in [5, 5.41) is 6.93. The minimum Gasteiger partial charge on any atom is -0.490 e. The molecule has 1 aromatic carbocycles. The number of ether oxygens (including phenoxy) is 1. The number of nitrogens with one attached hydrogen (secondary N) is 2. The fourth-order valence-electron chi connectivity index (χ4n) is 2.67. The van der Waals surface area contributed by atoms with E-state index in [1.807, 2.05) is 0 Å². The van der Waals surface area contributed by atoms with Crippen LogP contribution in [0.25, 0.3) is 0 Å². The number of benzene rings is 1. The van der Waals surface area contributed by atoms with E-state index in [-0.39, 0.29) is 0 Å². The summed E-state index contributed by atoms with van der Waals surface area (Å²) in [7, 11) is 0. The summed E-state index contributed by atoms with van der Waals surface area (Å²) in [6, 6.07) is 6.46. The molecule has 0 saturated heterocycles. The zero-order chi connectivity index (χ0) is 14.9. The Labute approximate surface area is 128 Å². The molecule has 0 aliphatic carbocycles. The summed E-state index contributed by atoms with van der Waals surface area (Å²) in [5.74, 6) is 0.984. The number of hydrogen-bond acceptors (Lipinski definition) is 4. The molecule has 2 rings (SSSR count). The van der Waals surface area contributed by atoms with Crippen LogP contribution < -0.4 is 15.4 Å². The highest BCUT2D eigenvalue weighted by atomic mass is 16.5. The van der Waals surface area contributed by atoms with Gasteiger partial charge >= 0.3 is 0 Å². The van der Waals surface area contributed by atoms with Crippen LogP contribution in [0.1, 0.15) is 25.8 Å². The SMILES string of the molecule is CCN(CC)CCCNCCc1ccc2c(c1)NCCO2. The van der Waals surface area contributed by atoms with Crippen molar-refractivity contribution in [1.29, 1.82) is 0 Å². The maximum atomic E-state index is 5.60. The Bertz CT molecular complexity index is 418. The first kappa shape index (κ1) is 16.1. The van der Waals surface area contributed by atoms with E-state index in [1.165, 1.54) is 18.5 Å². The molecule has 0 bridgehead atoms. The lowest BCUT2D eigenvalue weighted by Crippen LogP contribution is -2.27. The molecule has 4 nitrogen and oxygen atoms in total. The van der Waals surface area contributed by atoms with Crippen LogP contribution in [0, 0.1) is 0 Å². The van der Waals surface area contributed by atoms with Crippen molar-refractivity contribution in [3.8, 4) is 5.75 Å². The van der Waals surface area contributed by atoms with Gasteiger partial charge in [-0.15, -0.1) is 0 Å². The lowest BCUT2D eigenvalue weighted by atomic mass is 10.1. The third-order valence-corrected chi connectivity index (χ3v) is 4.03. The van der Waals surface area contributed by atoms with Crippen LogP contribution in [0.4, 0.5) is 5.69 Å². The predicted molar refractivity (Wildman–Crippen MR) is 89.4 cm³/mol. The van der Waals surface area contributed by atoms with Crippen molar-refractivity contribution in [2.24, 2.45) is 0 Å². The second kappa shape index (κ2) is 8.90. The van der Waals surface area contributed by atoms with Gasteiger partial charge in [0.1, 0.15) is 12.4 Å². The molecule has 0 saturated carbocycles. The van der Waals surface area contributed by atoms with Crippen molar-refractivity contribution in [1.82, 2.24) is 10.2 Å². The normalized spacial score (nSPS) is 13.7. The third kappa shape index (κ3) is 5.21. The first-order valence-corrected chi connectivity index (χ1v) is 8.26. The van der Waals surface area contributed by atoms with Gasteiger partial charge in [0.15, 0.2) is 0 Å². The van der Waals surface area contributed by atoms with Crippen molar-refractivity contribution in [3.05, 3.63) is 23.8 Å². The maximum absolute atomic E-state index is 5.60. The summed E-state index contributed by atoms with van der Waals surface area (Å²) in [5.41, 5.74) is 2.50. The van der Waals surface area contributed by atoms with Gasteiger partial charge in [0.25, 0.3) is 0 Å². The maximum Gasteiger partial charge on any atom is 0.142 e. The largest absolute Gasteiger partial charge is 0.490 e. The second-order valence-electron chi connectivity index (χ2n) is 5.49. The number of nitrogens with zero attached hydrogens (tertiary/aromatic N) is 1. The highest BCUT2D eigenvalue weighted by Crippen LogP contribution is 2.27. The third-order valence-electron chi connectivity index (χ3n) is 4.03. The molecule has 0 atom stereocenters. The summed E-state index contributed by atoms with van der Waals surface area (Å²) in [6.07, 6.45) is 2.29. The van der Waals surface area contributed by atoms with Crippen LogP contribution in [0.3, 0.4) is 0 Å². The van der Waals surface area contributed by atoms with E-state index in [4.69, 9.17) is 4.74 Å². The minimum atomic E-state index is 0.764. The zero-order valence-corrected chi connectivity index (χ0v) is 13.5. The molecule has 0 fully saturated rings. The van der Waals surface area contributed by atoms with E-state index >= 15 is 0 Å². The molecule has 0 spiro atoms. The van der Waals surface area contributed by atoms with Crippen molar-refractivity contribution < 1.29 is 4.74 Å². The van der Waals surface area contributed by atoms with Crippen LogP contribution >= 0.6 is 0 Å². The molecule has 4 heteroatoms. The van der Waals surface area contributed by atoms with Crippen LogP contribution in [-0.2, 0) is 6.42 Å². The smallest absolute Gasteiger partial charge is 0.142 e. The van der Waals surface area contributed by atoms with E-state index in [0.29, 0.717) is 0 Å². The lowest BCUT2D eigenvalue weighted by Gasteiger charge is -2.20. The molecule has 1 aliphatic rings. The molecule has 1 aromatic rings. The Morgan fingerprint density at radius 2 is 2.10 bits per heavy atom. The Morgan fingerprint density at radius 3 is 2.90 bits per heavy atom. The molecular formula is C17H29N3O. The number of hydrogen-bond donors (Lipinski definition) is 2. The number of rotatable bonds is 9. The molecule has 0 unspecified atom stereocenters. The Hall–Kier alpha value is -1.26. The molecule has 2 N–H and O–H groups in total. The van der Waals surface area contributed by atoms with Gasteiger partial charge in [-0.2, -0.15) is 0 Å². The zero-order valence-electron chi connectivity index (χ0n) is 13.5. The summed E-state index contributed by atoms with van der Waals surface area (Å²) in [4.78, 5) is 2.47. The van der Waals surface area contributed by atoms with Crippen molar-refractivity contribution >= 4 is 5.69 Å². The quantitative estimate of drug-likeness (QED) is 0.685. The molecule has 1 aliphatic heterocycles. The van der Waals surface area contributed by atoms with Gasteiger partial charge in [0.2, 0.25) is 0 Å². The van der Waals surface area contributed by atoms with E-state index in [2.05, 4.69) is 47.6 Å². The lowest BCUT2D eigenvalue weighted by molar-refractivity contribution is 0.298. The Morgan fingerprint density at radius 1 is 1.24 bits per heavy atom. The average molecular weight is 291 g/mol. The van der Waals surface area contributed by atoms with E-state index in [9.17, 15) is 0 Å². The molecule has 0 aromatic heterocycles. The first-order valence-electron chi connectivity index (χ1n) is 8.26. The fraction of sp³-hybridized carbons (Fsp3) is 0.647. The van der Waals surface area contributed by atoms with Gasteiger partial charge in [-0.1, -0.05) is 19.9 Å². The Balaban J connectivity index is 1.63. The first-order chi connectivity index (χ1) is 10.3. The summed E-state index contributed by atoms with van der Waals surface area (Å²) in [6.45, 7) is 11.8. The number of anilines is 1. The van der Waals surface area contributed by atoms with Gasteiger partial charge < -0.3 is 20.3 Å². The van der Waals surface area contributed by atoms with Crippen LogP contribution in [0.5, 0.6) is 5.75 Å². The fourth-order valence-corrected chi connectivity index (χ4v) is 2.67. The highest BCUT2D eigenvalue weighted by Gasteiger charge is 2.09. The van der Waals surface area contributed by atoms with Gasteiger partial charge in [-0.25, -0.2) is 0 Å². The molecule has 0 amide bonds. The second-order valence-corrected chi connectivity index (χ2v) is 5.49. The van der Waals surface area contributed by atoms with Crippen LogP contribution in [0.15, 0.2) is 18.2 Å². The van der Waals surface area contributed by atoms with Gasteiger partial charge in [0, 0.05) is 6.54 Å². The monoisotopic (exact) mass is 291 g/mol.